The predicted molar refractivity (Wildman–Crippen MR) is 77.2 cm³/mol. The van der Waals surface area contributed by atoms with E-state index < -0.39 is 0 Å². The van der Waals surface area contributed by atoms with E-state index in [0.29, 0.717) is 17.3 Å². The van der Waals surface area contributed by atoms with Crippen LogP contribution in [0.25, 0.3) is 0 Å². The number of nitrogens with one attached hydrogen (secondary N) is 1. The van der Waals surface area contributed by atoms with E-state index in [4.69, 9.17) is 5.84 Å². The van der Waals surface area contributed by atoms with Gasteiger partial charge in [0.05, 0.1) is 17.4 Å². The van der Waals surface area contributed by atoms with E-state index in [-0.39, 0.29) is 5.91 Å². The second-order valence-electron chi connectivity index (χ2n) is 5.50. The van der Waals surface area contributed by atoms with E-state index in [2.05, 4.69) is 15.3 Å². The summed E-state index contributed by atoms with van der Waals surface area (Å²) in [5, 5.41) is 0. The molecule has 3 N–H and O–H groups in total. The fourth-order valence-electron chi connectivity index (χ4n) is 3.26. The molecule has 0 saturated carbocycles. The summed E-state index contributed by atoms with van der Waals surface area (Å²) < 4.78 is 0. The van der Waals surface area contributed by atoms with Gasteiger partial charge in [-0.1, -0.05) is 0 Å². The van der Waals surface area contributed by atoms with Gasteiger partial charge in [-0.05, 0) is 31.9 Å². The average molecular weight is 275 g/mol. The van der Waals surface area contributed by atoms with Crippen LogP contribution < -0.4 is 11.3 Å². The Labute approximate surface area is 118 Å². The van der Waals surface area contributed by atoms with Gasteiger partial charge in [-0.3, -0.25) is 20.5 Å². The molecule has 2 saturated heterocycles. The van der Waals surface area contributed by atoms with Crippen LogP contribution in [0.15, 0.2) is 18.5 Å². The van der Waals surface area contributed by atoms with Gasteiger partial charge < -0.3 is 10.3 Å². The van der Waals surface area contributed by atoms with E-state index in [9.17, 15) is 4.79 Å². The number of pyridine rings is 1. The van der Waals surface area contributed by atoms with Crippen LogP contribution in [0, 0.1) is 0 Å². The molecule has 3 rings (SSSR count). The maximum atomic E-state index is 12.7. The van der Waals surface area contributed by atoms with Crippen LogP contribution in [-0.2, 0) is 0 Å². The summed E-state index contributed by atoms with van der Waals surface area (Å²) in [5.41, 5.74) is 3.75. The van der Waals surface area contributed by atoms with Crippen molar-refractivity contribution in [1.29, 1.82) is 0 Å². The van der Waals surface area contributed by atoms with Crippen LogP contribution >= 0.6 is 0 Å². The maximum Gasteiger partial charge on any atom is 0.256 e. The average Bonchev–Trinajstić information content (AvgIpc) is 2.83. The molecule has 0 bridgehead atoms. The van der Waals surface area contributed by atoms with Gasteiger partial charge in [0.15, 0.2) is 0 Å². The number of amides is 1. The molecule has 0 radical (unpaired) electrons. The highest BCUT2D eigenvalue weighted by molar-refractivity contribution is 5.99. The summed E-state index contributed by atoms with van der Waals surface area (Å²) >= 11 is 0. The number of hydrazine groups is 1. The SMILES string of the molecule is NNc1cnccc1C(=O)N1CCCN2CCCC2C1. The number of anilines is 1. The van der Waals surface area contributed by atoms with Gasteiger partial charge in [-0.2, -0.15) is 0 Å². The number of nitrogens with two attached hydrogens (primary N) is 1. The van der Waals surface area contributed by atoms with E-state index in [1.165, 1.54) is 19.4 Å². The number of aromatic nitrogens is 1. The summed E-state index contributed by atoms with van der Waals surface area (Å²) in [6, 6.07) is 2.26. The number of hydrogen-bond acceptors (Lipinski definition) is 5. The molecular weight excluding hydrogens is 254 g/mol. The Morgan fingerprint density at radius 1 is 1.35 bits per heavy atom. The molecule has 0 spiro atoms. The third-order valence-corrected chi connectivity index (χ3v) is 4.30. The van der Waals surface area contributed by atoms with E-state index in [1.807, 2.05) is 4.90 Å². The van der Waals surface area contributed by atoms with Crippen molar-refractivity contribution in [2.75, 3.05) is 31.6 Å². The zero-order chi connectivity index (χ0) is 13.9. The second-order valence-corrected chi connectivity index (χ2v) is 5.50. The molecule has 3 heterocycles. The molecular formula is C14H21N5O. The van der Waals surface area contributed by atoms with Gasteiger partial charge in [-0.25, -0.2) is 0 Å². The lowest BCUT2D eigenvalue weighted by Gasteiger charge is -2.26. The molecule has 2 aliphatic rings. The van der Waals surface area contributed by atoms with Crippen molar-refractivity contribution in [1.82, 2.24) is 14.8 Å². The first-order valence-electron chi connectivity index (χ1n) is 7.23. The molecule has 2 fully saturated rings. The molecule has 0 aliphatic carbocycles. The normalized spacial score (nSPS) is 23.2. The summed E-state index contributed by atoms with van der Waals surface area (Å²) in [4.78, 5) is 21.2. The Hall–Kier alpha value is -1.66. The fourth-order valence-corrected chi connectivity index (χ4v) is 3.26. The van der Waals surface area contributed by atoms with E-state index in [1.54, 1.807) is 18.5 Å². The number of carbonyl (C=O) groups excluding carboxylic acids is 1. The summed E-state index contributed by atoms with van der Waals surface area (Å²) in [6.07, 6.45) is 6.71. The van der Waals surface area contributed by atoms with Crippen LogP contribution in [-0.4, -0.2) is 52.9 Å². The lowest BCUT2D eigenvalue weighted by atomic mass is 10.1. The number of nitrogen functional groups attached to an aromatic ring is 1. The van der Waals surface area contributed by atoms with Gasteiger partial charge >= 0.3 is 0 Å². The van der Waals surface area contributed by atoms with Crippen LogP contribution in [0.4, 0.5) is 5.69 Å². The molecule has 6 nitrogen and oxygen atoms in total. The topological polar surface area (TPSA) is 74.5 Å². The Morgan fingerprint density at radius 2 is 2.20 bits per heavy atom. The number of nitrogens with zero attached hydrogens (tertiary/aromatic N) is 3. The first-order valence-corrected chi connectivity index (χ1v) is 7.23. The van der Waals surface area contributed by atoms with Crippen molar-refractivity contribution in [3.8, 4) is 0 Å². The van der Waals surface area contributed by atoms with Crippen molar-refractivity contribution in [3.05, 3.63) is 24.0 Å². The fraction of sp³-hybridized carbons (Fsp3) is 0.571. The van der Waals surface area contributed by atoms with Crippen molar-refractivity contribution in [2.24, 2.45) is 5.84 Å². The smallest absolute Gasteiger partial charge is 0.256 e. The van der Waals surface area contributed by atoms with Gasteiger partial charge in [-0.15, -0.1) is 0 Å². The third-order valence-electron chi connectivity index (χ3n) is 4.30. The van der Waals surface area contributed by atoms with Crippen molar-refractivity contribution >= 4 is 11.6 Å². The van der Waals surface area contributed by atoms with Gasteiger partial charge in [0.2, 0.25) is 0 Å². The third kappa shape index (κ3) is 2.48. The molecule has 0 aromatic carbocycles. The van der Waals surface area contributed by atoms with Crippen molar-refractivity contribution in [3.63, 3.8) is 0 Å². The highest BCUT2D eigenvalue weighted by Gasteiger charge is 2.31. The molecule has 108 valence electrons. The van der Waals surface area contributed by atoms with Crippen molar-refractivity contribution < 1.29 is 4.79 Å². The molecule has 1 aromatic heterocycles. The van der Waals surface area contributed by atoms with Crippen LogP contribution in [0.5, 0.6) is 0 Å². The lowest BCUT2D eigenvalue weighted by Crippen LogP contribution is -2.40. The second kappa shape index (κ2) is 5.76. The number of fused-ring (bicyclic) bond motifs is 1. The Kier molecular flexibility index (Phi) is 3.84. The molecule has 6 heteroatoms. The summed E-state index contributed by atoms with van der Waals surface area (Å²) in [5.74, 6) is 5.52. The quantitative estimate of drug-likeness (QED) is 0.613. The zero-order valence-electron chi connectivity index (χ0n) is 11.6. The highest BCUT2D eigenvalue weighted by Crippen LogP contribution is 2.23. The highest BCUT2D eigenvalue weighted by atomic mass is 16.2. The number of carbonyl (C=O) groups is 1. The molecule has 1 aromatic rings. The standard InChI is InChI=1S/C14H21N5O/c15-17-13-9-16-5-4-12(13)14(20)19-8-2-7-18-6-1-3-11(18)10-19/h4-5,9,11,17H,1-3,6-8,10,15H2. The Balaban J connectivity index is 1.79. The minimum Gasteiger partial charge on any atom is -0.337 e. The molecule has 1 unspecified atom stereocenters. The van der Waals surface area contributed by atoms with Gasteiger partial charge in [0.25, 0.3) is 5.91 Å². The predicted octanol–water partition coefficient (Wildman–Crippen LogP) is 0.678. The van der Waals surface area contributed by atoms with Crippen LogP contribution in [0.2, 0.25) is 0 Å². The first kappa shape index (κ1) is 13.3. The van der Waals surface area contributed by atoms with Crippen molar-refractivity contribution in [2.45, 2.75) is 25.3 Å². The van der Waals surface area contributed by atoms with Gasteiger partial charge in [0, 0.05) is 31.9 Å². The number of rotatable bonds is 2. The van der Waals surface area contributed by atoms with Gasteiger partial charge in [0.1, 0.15) is 0 Å². The lowest BCUT2D eigenvalue weighted by molar-refractivity contribution is 0.0744. The molecule has 1 amide bonds. The minimum absolute atomic E-state index is 0.0501. The van der Waals surface area contributed by atoms with Crippen LogP contribution in [0.1, 0.15) is 29.6 Å². The minimum atomic E-state index is 0.0501. The Morgan fingerprint density at radius 3 is 3.05 bits per heavy atom. The largest absolute Gasteiger partial charge is 0.337 e. The van der Waals surface area contributed by atoms with E-state index in [0.717, 1.165) is 26.1 Å². The van der Waals surface area contributed by atoms with E-state index >= 15 is 0 Å². The summed E-state index contributed by atoms with van der Waals surface area (Å²) in [6.45, 7) is 3.92. The first-order chi connectivity index (χ1) is 9.79. The molecule has 1 atom stereocenters. The molecule has 20 heavy (non-hydrogen) atoms. The monoisotopic (exact) mass is 275 g/mol. The Bertz CT molecular complexity index is 492. The molecule has 2 aliphatic heterocycles. The maximum absolute atomic E-state index is 12.7. The zero-order valence-corrected chi connectivity index (χ0v) is 11.6. The summed E-state index contributed by atoms with van der Waals surface area (Å²) in [7, 11) is 0. The number of hydrogen-bond donors (Lipinski definition) is 2. The van der Waals surface area contributed by atoms with Crippen LogP contribution in [0.3, 0.4) is 0 Å².